The molecular weight excluding hydrogens is 467 g/mol. The summed E-state index contributed by atoms with van der Waals surface area (Å²) in [7, 11) is 0.797. The van der Waals surface area contributed by atoms with Crippen molar-refractivity contribution in [3.63, 3.8) is 0 Å². The molecule has 0 amide bonds. The van der Waals surface area contributed by atoms with E-state index in [1.54, 1.807) is 6.08 Å². The number of anilines is 1. The largest absolute Gasteiger partial charge is 0.394 e. The van der Waals surface area contributed by atoms with Crippen molar-refractivity contribution < 1.29 is 14.4 Å². The minimum absolute atomic E-state index is 0.0674. The maximum Gasteiger partial charge on any atom is 0.109 e. The Hall–Kier alpha value is -2.53. The van der Waals surface area contributed by atoms with Gasteiger partial charge in [0.1, 0.15) is 11.0 Å². The quantitative estimate of drug-likeness (QED) is 0.195. The summed E-state index contributed by atoms with van der Waals surface area (Å²) in [6.07, 6.45) is 0.541. The molecule has 2 atom stereocenters. The number of thiol groups is 1. The van der Waals surface area contributed by atoms with Crippen LogP contribution in [0.3, 0.4) is 0 Å². The van der Waals surface area contributed by atoms with Crippen LogP contribution in [0.1, 0.15) is 19.5 Å². The van der Waals surface area contributed by atoms with Gasteiger partial charge in [-0.15, -0.1) is 0 Å². The fraction of sp³-hybridized carbons (Fsp3) is 0.320. The van der Waals surface area contributed by atoms with Crippen molar-refractivity contribution in [3.8, 4) is 17.3 Å². The highest BCUT2D eigenvalue weighted by atomic mass is 32.8. The molecule has 34 heavy (non-hydrogen) atoms. The van der Waals surface area contributed by atoms with Crippen LogP contribution in [0.5, 0.6) is 0 Å². The van der Waals surface area contributed by atoms with Crippen molar-refractivity contribution in [2.75, 3.05) is 31.1 Å². The average Bonchev–Trinajstić information content (AvgIpc) is 3.21. The standard InChI is InChI=1S/C25H33N4O3PS/c1-4-29(5-2)22-9-8-18-12-20(7-6-19(18)13-22)25-11-10-21(28(25)3)14-24(15-26)34(32,33)27-16-23(31)17-30/h6-14,23,30-31,34H,4-5,16-17,33H2,1-3H3,(H,27,32)/b24-14+. The molecule has 9 heteroatoms. The normalized spacial score (nSPS) is 13.6. The average molecular weight is 501 g/mol. The molecular formula is C25H33N4O3PS. The van der Waals surface area contributed by atoms with E-state index in [4.69, 9.17) is 5.11 Å². The van der Waals surface area contributed by atoms with Crippen LogP contribution in [-0.2, 0) is 16.8 Å². The Morgan fingerprint density at radius 2 is 1.88 bits per heavy atom. The first kappa shape index (κ1) is 26.1. The number of hydrogen-bond acceptors (Lipinski definition) is 5. The number of aliphatic hydroxyl groups is 2. The molecule has 3 N–H and O–H groups in total. The number of benzene rings is 2. The molecule has 182 valence electrons. The van der Waals surface area contributed by atoms with Crippen molar-refractivity contribution in [1.82, 2.24) is 9.29 Å². The number of nitrogens with zero attached hydrogens (tertiary/aromatic N) is 3. The topological polar surface area (TPSA) is 102 Å². The molecule has 2 unspecified atom stereocenters. The first-order valence-corrected chi connectivity index (χ1v) is 14.6. The highest BCUT2D eigenvalue weighted by molar-refractivity contribution is 8.46. The van der Waals surface area contributed by atoms with E-state index in [1.165, 1.54) is 11.1 Å². The number of allylic oxidation sites excluding steroid dienone is 1. The van der Waals surface area contributed by atoms with Gasteiger partial charge in [-0.3, -0.25) is 8.93 Å². The Kier molecular flexibility index (Phi) is 8.64. The number of nitrogens with one attached hydrogen (secondary N) is 1. The van der Waals surface area contributed by atoms with Crippen LogP contribution < -0.4 is 9.62 Å². The summed E-state index contributed by atoms with van der Waals surface area (Å²) >= 11 is 0. The Morgan fingerprint density at radius 1 is 1.21 bits per heavy atom. The Labute approximate surface area is 204 Å². The molecule has 0 spiro atoms. The summed E-state index contributed by atoms with van der Waals surface area (Å²) in [4.78, 5) is 2.39. The summed E-state index contributed by atoms with van der Waals surface area (Å²) < 4.78 is 17.6. The fourth-order valence-electron chi connectivity index (χ4n) is 3.87. The molecule has 1 aromatic heterocycles. The minimum atomic E-state index is -3.29. The second-order valence-electron chi connectivity index (χ2n) is 8.12. The first-order valence-electron chi connectivity index (χ1n) is 11.2. The van der Waals surface area contributed by atoms with Gasteiger partial charge in [0.05, 0.1) is 12.7 Å². The van der Waals surface area contributed by atoms with Gasteiger partial charge in [-0.2, -0.15) is 5.26 Å². The fourth-order valence-corrected chi connectivity index (χ4v) is 5.71. The van der Waals surface area contributed by atoms with Crippen LogP contribution in [0.4, 0.5) is 5.69 Å². The lowest BCUT2D eigenvalue weighted by molar-refractivity contribution is 0.0991. The molecule has 1 heterocycles. The van der Waals surface area contributed by atoms with E-state index in [9.17, 15) is 14.6 Å². The molecule has 0 aliphatic rings. The molecule has 0 saturated heterocycles. The van der Waals surface area contributed by atoms with Crippen LogP contribution in [0.2, 0.25) is 0 Å². The van der Waals surface area contributed by atoms with Crippen LogP contribution in [0, 0.1) is 11.3 Å². The van der Waals surface area contributed by atoms with E-state index in [0.29, 0.717) is 0 Å². The third-order valence-electron chi connectivity index (χ3n) is 5.94. The summed E-state index contributed by atoms with van der Waals surface area (Å²) in [5.74, 6) is 0. The lowest BCUT2D eigenvalue weighted by atomic mass is 10.0. The summed E-state index contributed by atoms with van der Waals surface area (Å²) in [6, 6.07) is 18.7. The van der Waals surface area contributed by atoms with E-state index >= 15 is 0 Å². The zero-order chi connectivity index (χ0) is 24.9. The third kappa shape index (κ3) is 5.75. The number of hydrogen-bond donors (Lipinski definition) is 4. The summed E-state index contributed by atoms with van der Waals surface area (Å²) in [5.41, 5.74) is 3.96. The maximum atomic E-state index is 13.0. The van der Waals surface area contributed by atoms with Gasteiger partial charge in [0.25, 0.3) is 0 Å². The van der Waals surface area contributed by atoms with Crippen LogP contribution in [0.25, 0.3) is 28.1 Å². The third-order valence-corrected chi connectivity index (χ3v) is 8.92. The number of nitriles is 1. The van der Waals surface area contributed by atoms with Crippen LogP contribution >= 0.6 is 8.44 Å². The molecule has 2 aromatic carbocycles. The monoisotopic (exact) mass is 500 g/mol. The van der Waals surface area contributed by atoms with Gasteiger partial charge >= 0.3 is 0 Å². The molecule has 3 aromatic rings. The van der Waals surface area contributed by atoms with Crippen molar-refractivity contribution in [2.45, 2.75) is 20.0 Å². The number of rotatable bonds is 10. The highest BCUT2D eigenvalue weighted by Crippen LogP contribution is 2.30. The van der Waals surface area contributed by atoms with Crippen LogP contribution in [-0.4, -0.2) is 51.3 Å². The van der Waals surface area contributed by atoms with E-state index < -0.39 is 22.4 Å². The van der Waals surface area contributed by atoms with Gasteiger partial charge in [-0.25, -0.2) is 0 Å². The molecule has 0 bridgehead atoms. The van der Waals surface area contributed by atoms with Gasteiger partial charge in [0.15, 0.2) is 0 Å². The van der Waals surface area contributed by atoms with E-state index in [2.05, 4.69) is 68.3 Å². The molecule has 0 fully saturated rings. The van der Waals surface area contributed by atoms with Crippen molar-refractivity contribution >= 4 is 40.7 Å². The predicted molar refractivity (Wildman–Crippen MR) is 146 cm³/mol. The lowest BCUT2D eigenvalue weighted by Gasteiger charge is -2.21. The van der Waals surface area contributed by atoms with Gasteiger partial charge in [0, 0.05) is 43.8 Å². The van der Waals surface area contributed by atoms with Gasteiger partial charge < -0.3 is 19.7 Å². The predicted octanol–water partition coefficient (Wildman–Crippen LogP) is 3.22. The van der Waals surface area contributed by atoms with E-state index in [-0.39, 0.29) is 11.4 Å². The molecule has 3 rings (SSSR count). The number of aliphatic hydroxyl groups excluding tert-OH is 2. The molecule has 0 aliphatic carbocycles. The Balaban J connectivity index is 1.91. The lowest BCUT2D eigenvalue weighted by Crippen LogP contribution is -2.35. The maximum absolute atomic E-state index is 13.0. The van der Waals surface area contributed by atoms with Gasteiger partial charge in [-0.1, -0.05) is 18.2 Å². The molecule has 0 aliphatic heterocycles. The zero-order valence-corrected chi connectivity index (χ0v) is 21.8. The van der Waals surface area contributed by atoms with Crippen molar-refractivity contribution in [1.29, 1.82) is 5.26 Å². The van der Waals surface area contributed by atoms with Gasteiger partial charge in [-0.05, 0) is 84.8 Å². The second-order valence-corrected chi connectivity index (χ2v) is 12.4. The Bertz CT molecular complexity index is 1280. The van der Waals surface area contributed by atoms with E-state index in [0.717, 1.165) is 35.4 Å². The zero-order valence-electron chi connectivity index (χ0n) is 19.8. The van der Waals surface area contributed by atoms with Gasteiger partial charge in [0.2, 0.25) is 0 Å². The van der Waals surface area contributed by atoms with E-state index in [1.807, 2.05) is 29.8 Å². The van der Waals surface area contributed by atoms with Crippen LogP contribution in [0.15, 0.2) is 53.4 Å². The summed E-state index contributed by atoms with van der Waals surface area (Å²) in [6.45, 7) is 5.70. The Morgan fingerprint density at radius 3 is 2.53 bits per heavy atom. The van der Waals surface area contributed by atoms with Crippen molar-refractivity contribution in [3.05, 3.63) is 59.1 Å². The van der Waals surface area contributed by atoms with Crippen molar-refractivity contribution in [2.24, 2.45) is 7.05 Å². The number of fused-ring (bicyclic) bond motifs is 1. The minimum Gasteiger partial charge on any atom is -0.394 e. The smallest absolute Gasteiger partial charge is 0.109 e. The second kappa shape index (κ2) is 11.3. The molecule has 0 radical (unpaired) electrons. The highest BCUT2D eigenvalue weighted by Gasteiger charge is 2.17. The first-order chi connectivity index (χ1) is 16.2. The molecule has 0 saturated carbocycles. The summed E-state index contributed by atoms with van der Waals surface area (Å²) in [5, 5.41) is 30.4. The SMILES string of the molecule is CCN(CC)c1ccc2cc(-c3ccc(/C=C(\C#N)[SH](=O)(P)NCC(O)CO)n3C)ccc2c1. The molecule has 7 nitrogen and oxygen atoms in total. The number of aromatic nitrogens is 1.